The van der Waals surface area contributed by atoms with Gasteiger partial charge in [-0.25, -0.2) is 0 Å². The van der Waals surface area contributed by atoms with Crippen LogP contribution < -0.4 is 5.73 Å². The fourth-order valence-corrected chi connectivity index (χ4v) is 3.60. The smallest absolute Gasteiger partial charge is 0.239 e. The lowest BCUT2D eigenvalue weighted by atomic mass is 9.96. The van der Waals surface area contributed by atoms with Gasteiger partial charge in [0.1, 0.15) is 0 Å². The fraction of sp³-hybridized carbons (Fsp3) is 0.941. The summed E-state index contributed by atoms with van der Waals surface area (Å²) in [5.41, 5.74) is 6.04. The standard InChI is InChI=1S/C17H34N4O.ClH/c1-14(2)12-16(18)17(22)21-10-8-20(9-11-21)13-15-4-6-19(3)7-5-15;/h14-16H,4-13,18H2,1-3H3;1H/t16-;/m1./s1. The van der Waals surface area contributed by atoms with E-state index in [-0.39, 0.29) is 24.4 Å². The number of halogens is 1. The maximum Gasteiger partial charge on any atom is 0.239 e. The summed E-state index contributed by atoms with van der Waals surface area (Å²) in [6.07, 6.45) is 3.42. The SMILES string of the molecule is CC(C)C[C@@H](N)C(=O)N1CCN(CC2CCN(C)CC2)CC1.Cl. The van der Waals surface area contributed by atoms with Crippen molar-refractivity contribution in [1.82, 2.24) is 14.7 Å². The number of hydrogen-bond donors (Lipinski definition) is 1. The molecule has 0 aromatic carbocycles. The van der Waals surface area contributed by atoms with Gasteiger partial charge >= 0.3 is 0 Å². The molecule has 136 valence electrons. The summed E-state index contributed by atoms with van der Waals surface area (Å²) in [5.74, 6) is 1.46. The molecule has 1 atom stereocenters. The van der Waals surface area contributed by atoms with E-state index in [1.807, 2.05) is 4.90 Å². The maximum atomic E-state index is 12.3. The number of piperazine rings is 1. The van der Waals surface area contributed by atoms with Gasteiger partial charge in [-0.2, -0.15) is 0 Å². The molecule has 0 aliphatic carbocycles. The summed E-state index contributed by atoms with van der Waals surface area (Å²) >= 11 is 0. The highest BCUT2D eigenvalue weighted by Gasteiger charge is 2.27. The lowest BCUT2D eigenvalue weighted by molar-refractivity contribution is -0.134. The molecule has 2 N–H and O–H groups in total. The molecule has 1 amide bonds. The number of hydrogen-bond acceptors (Lipinski definition) is 4. The Balaban J connectivity index is 0.00000264. The second-order valence-corrected chi connectivity index (χ2v) is 7.61. The first-order chi connectivity index (χ1) is 10.5. The quantitative estimate of drug-likeness (QED) is 0.814. The average Bonchev–Trinajstić information content (AvgIpc) is 2.49. The Morgan fingerprint density at radius 2 is 1.65 bits per heavy atom. The minimum atomic E-state index is -0.319. The van der Waals surface area contributed by atoms with E-state index in [9.17, 15) is 4.79 Å². The third-order valence-electron chi connectivity index (χ3n) is 5.08. The zero-order valence-corrected chi connectivity index (χ0v) is 15.9. The van der Waals surface area contributed by atoms with E-state index < -0.39 is 0 Å². The summed E-state index contributed by atoms with van der Waals surface area (Å²) in [5, 5.41) is 0. The molecule has 2 heterocycles. The van der Waals surface area contributed by atoms with E-state index in [1.165, 1.54) is 32.5 Å². The zero-order chi connectivity index (χ0) is 16.1. The molecule has 2 fully saturated rings. The molecule has 0 saturated carbocycles. The number of likely N-dealkylation sites (tertiary alicyclic amines) is 1. The van der Waals surface area contributed by atoms with Gasteiger partial charge < -0.3 is 15.5 Å². The lowest BCUT2D eigenvalue weighted by Crippen LogP contribution is -2.54. The Hall–Kier alpha value is -0.360. The van der Waals surface area contributed by atoms with Gasteiger partial charge in [-0.3, -0.25) is 9.69 Å². The van der Waals surface area contributed by atoms with Crippen molar-refractivity contribution in [3.05, 3.63) is 0 Å². The molecule has 0 bridgehead atoms. The van der Waals surface area contributed by atoms with E-state index in [4.69, 9.17) is 5.73 Å². The monoisotopic (exact) mass is 346 g/mol. The van der Waals surface area contributed by atoms with Crippen LogP contribution in [0.15, 0.2) is 0 Å². The molecular weight excluding hydrogens is 312 g/mol. The van der Waals surface area contributed by atoms with Crippen LogP contribution in [0.5, 0.6) is 0 Å². The Morgan fingerprint density at radius 1 is 1.09 bits per heavy atom. The summed E-state index contributed by atoms with van der Waals surface area (Å²) in [4.78, 5) is 19.3. The molecule has 0 radical (unpaired) electrons. The van der Waals surface area contributed by atoms with Crippen molar-refractivity contribution in [1.29, 1.82) is 0 Å². The number of carbonyl (C=O) groups excluding carboxylic acids is 1. The minimum Gasteiger partial charge on any atom is -0.339 e. The third-order valence-corrected chi connectivity index (χ3v) is 5.08. The summed E-state index contributed by atoms with van der Waals surface area (Å²) in [6.45, 7) is 11.6. The predicted octanol–water partition coefficient (Wildman–Crippen LogP) is 1.27. The normalized spacial score (nSPS) is 22.9. The first-order valence-corrected chi connectivity index (χ1v) is 8.91. The van der Waals surface area contributed by atoms with Gasteiger partial charge in [-0.1, -0.05) is 13.8 Å². The second kappa shape index (κ2) is 9.82. The number of rotatable bonds is 5. The van der Waals surface area contributed by atoms with Crippen LogP contribution in [0.25, 0.3) is 0 Å². The van der Waals surface area contributed by atoms with E-state index in [1.54, 1.807) is 0 Å². The Bertz CT molecular complexity index is 351. The number of nitrogens with zero attached hydrogens (tertiary/aromatic N) is 3. The average molecular weight is 347 g/mol. The van der Waals surface area contributed by atoms with Crippen LogP contribution in [-0.4, -0.2) is 79.5 Å². The van der Waals surface area contributed by atoms with Crippen molar-refractivity contribution >= 4 is 18.3 Å². The van der Waals surface area contributed by atoms with E-state index in [2.05, 4.69) is 30.7 Å². The fourth-order valence-electron chi connectivity index (χ4n) is 3.60. The minimum absolute atomic E-state index is 0. The van der Waals surface area contributed by atoms with Crippen LogP contribution >= 0.6 is 12.4 Å². The van der Waals surface area contributed by atoms with Gasteiger partial charge in [0.15, 0.2) is 0 Å². The highest BCUT2D eigenvalue weighted by Crippen LogP contribution is 2.18. The van der Waals surface area contributed by atoms with Gasteiger partial charge in [0.2, 0.25) is 5.91 Å². The lowest BCUT2D eigenvalue weighted by Gasteiger charge is -2.39. The van der Waals surface area contributed by atoms with Gasteiger partial charge in [0, 0.05) is 32.7 Å². The van der Waals surface area contributed by atoms with Gasteiger partial charge in [-0.15, -0.1) is 12.4 Å². The van der Waals surface area contributed by atoms with Crippen molar-refractivity contribution in [2.45, 2.75) is 39.2 Å². The summed E-state index contributed by atoms with van der Waals surface area (Å²) in [6, 6.07) is -0.319. The molecule has 2 saturated heterocycles. The topological polar surface area (TPSA) is 52.8 Å². The Kier molecular flexibility index (Phi) is 8.83. The third kappa shape index (κ3) is 6.57. The van der Waals surface area contributed by atoms with E-state index in [0.29, 0.717) is 5.92 Å². The van der Waals surface area contributed by atoms with Gasteiger partial charge in [0.05, 0.1) is 6.04 Å². The zero-order valence-electron chi connectivity index (χ0n) is 15.0. The van der Waals surface area contributed by atoms with Crippen molar-refractivity contribution in [3.63, 3.8) is 0 Å². The first kappa shape index (κ1) is 20.7. The van der Waals surface area contributed by atoms with Gasteiger partial charge in [-0.05, 0) is 51.2 Å². The van der Waals surface area contributed by atoms with Gasteiger partial charge in [0.25, 0.3) is 0 Å². The van der Waals surface area contributed by atoms with Crippen molar-refractivity contribution in [2.75, 3.05) is 52.9 Å². The predicted molar refractivity (Wildman–Crippen MR) is 97.9 cm³/mol. The number of amides is 1. The van der Waals surface area contributed by atoms with Crippen molar-refractivity contribution in [2.24, 2.45) is 17.6 Å². The van der Waals surface area contributed by atoms with Crippen molar-refractivity contribution in [3.8, 4) is 0 Å². The highest BCUT2D eigenvalue weighted by molar-refractivity contribution is 5.85. The Labute approximate surface area is 148 Å². The molecule has 0 aromatic rings. The first-order valence-electron chi connectivity index (χ1n) is 8.91. The molecule has 2 aliphatic rings. The summed E-state index contributed by atoms with van der Waals surface area (Å²) in [7, 11) is 2.21. The molecule has 2 aliphatic heterocycles. The molecular formula is C17H35ClN4O. The van der Waals surface area contributed by atoms with Crippen LogP contribution in [0.1, 0.15) is 33.1 Å². The van der Waals surface area contributed by atoms with Crippen LogP contribution in [0.4, 0.5) is 0 Å². The highest BCUT2D eigenvalue weighted by atomic mass is 35.5. The molecule has 0 spiro atoms. The Morgan fingerprint density at radius 3 is 2.17 bits per heavy atom. The second-order valence-electron chi connectivity index (χ2n) is 7.61. The summed E-state index contributed by atoms with van der Waals surface area (Å²) < 4.78 is 0. The van der Waals surface area contributed by atoms with E-state index in [0.717, 1.165) is 38.5 Å². The van der Waals surface area contributed by atoms with Crippen LogP contribution in [-0.2, 0) is 4.79 Å². The van der Waals surface area contributed by atoms with E-state index >= 15 is 0 Å². The number of nitrogens with two attached hydrogens (primary N) is 1. The maximum absolute atomic E-state index is 12.3. The number of carbonyl (C=O) groups is 1. The van der Waals surface area contributed by atoms with Crippen LogP contribution in [0.3, 0.4) is 0 Å². The molecule has 5 nitrogen and oxygen atoms in total. The molecule has 0 unspecified atom stereocenters. The molecule has 23 heavy (non-hydrogen) atoms. The number of piperidine rings is 1. The van der Waals surface area contributed by atoms with Crippen LogP contribution in [0, 0.1) is 11.8 Å². The molecule has 6 heteroatoms. The largest absolute Gasteiger partial charge is 0.339 e. The van der Waals surface area contributed by atoms with Crippen LogP contribution in [0.2, 0.25) is 0 Å². The molecule has 0 aromatic heterocycles. The molecule has 2 rings (SSSR count). The van der Waals surface area contributed by atoms with Crippen molar-refractivity contribution < 1.29 is 4.79 Å².